The van der Waals surface area contributed by atoms with Crippen LogP contribution in [0.3, 0.4) is 0 Å². The number of rotatable bonds is 1. The first-order valence-corrected chi connectivity index (χ1v) is 4.28. The minimum Gasteiger partial charge on any atom is -0.393 e. The van der Waals surface area contributed by atoms with E-state index in [4.69, 9.17) is 5.11 Å². The number of nitrogens with zero attached hydrogens (tertiary/aromatic N) is 1. The van der Waals surface area contributed by atoms with Crippen LogP contribution in [0.15, 0.2) is 0 Å². The van der Waals surface area contributed by atoms with Crippen LogP contribution in [-0.2, 0) is 0 Å². The highest BCUT2D eigenvalue weighted by atomic mass is 16.3. The summed E-state index contributed by atoms with van der Waals surface area (Å²) in [5.74, 6) is 0. The van der Waals surface area contributed by atoms with E-state index in [2.05, 4.69) is 4.90 Å². The molecule has 2 heteroatoms. The molecule has 1 N–H and O–H groups in total. The molecule has 0 aromatic carbocycles. The smallest absolute Gasteiger partial charge is 0.0570 e. The predicted molar refractivity (Wildman–Crippen MR) is 39.8 cm³/mol. The number of aliphatic hydroxyl groups excluding tert-OH is 1. The van der Waals surface area contributed by atoms with Gasteiger partial charge in [-0.2, -0.15) is 0 Å². The first-order chi connectivity index (χ1) is 4.86. The summed E-state index contributed by atoms with van der Waals surface area (Å²) in [6.45, 7) is 2.55. The maximum atomic E-state index is 9.05. The Morgan fingerprint density at radius 1 is 1.10 bits per heavy atom. The van der Waals surface area contributed by atoms with Gasteiger partial charge in [0.2, 0.25) is 0 Å². The fourth-order valence-electron chi connectivity index (χ4n) is 1.96. The van der Waals surface area contributed by atoms with Crippen LogP contribution in [-0.4, -0.2) is 35.2 Å². The Balaban J connectivity index is 1.78. The largest absolute Gasteiger partial charge is 0.393 e. The molecule has 2 fully saturated rings. The molecule has 1 aliphatic heterocycles. The highest BCUT2D eigenvalue weighted by Gasteiger charge is 2.32. The second-order valence-corrected chi connectivity index (χ2v) is 3.52. The summed E-state index contributed by atoms with van der Waals surface area (Å²) in [7, 11) is 0. The van der Waals surface area contributed by atoms with E-state index in [1.165, 1.54) is 25.9 Å². The summed E-state index contributed by atoms with van der Waals surface area (Å²) in [5.41, 5.74) is 0. The molecular weight excluding hydrogens is 126 g/mol. The molecule has 1 saturated heterocycles. The molecule has 1 aliphatic carbocycles. The molecule has 0 atom stereocenters. The Morgan fingerprint density at radius 2 is 1.70 bits per heavy atom. The monoisotopic (exact) mass is 141 g/mol. The number of aliphatic hydroxyl groups is 1. The highest BCUT2D eigenvalue weighted by molar-refractivity contribution is 4.88. The molecule has 2 nitrogen and oxygen atoms in total. The first kappa shape index (κ1) is 6.62. The summed E-state index contributed by atoms with van der Waals surface area (Å²) in [6.07, 6.45) is 4.81. The van der Waals surface area contributed by atoms with Crippen molar-refractivity contribution in [1.82, 2.24) is 4.90 Å². The van der Waals surface area contributed by atoms with Crippen LogP contribution in [0.5, 0.6) is 0 Å². The molecule has 58 valence electrons. The molecule has 1 saturated carbocycles. The van der Waals surface area contributed by atoms with Crippen molar-refractivity contribution >= 4 is 0 Å². The van der Waals surface area contributed by atoms with Gasteiger partial charge in [-0.25, -0.2) is 0 Å². The molecule has 0 spiro atoms. The van der Waals surface area contributed by atoms with Crippen LogP contribution >= 0.6 is 0 Å². The zero-order valence-electron chi connectivity index (χ0n) is 6.29. The van der Waals surface area contributed by atoms with E-state index in [-0.39, 0.29) is 6.10 Å². The Kier molecular flexibility index (Phi) is 1.66. The second-order valence-electron chi connectivity index (χ2n) is 3.52. The summed E-state index contributed by atoms with van der Waals surface area (Å²) in [5, 5.41) is 9.05. The lowest BCUT2D eigenvalue weighted by Crippen LogP contribution is -2.45. The molecule has 10 heavy (non-hydrogen) atoms. The fraction of sp³-hybridized carbons (Fsp3) is 1.00. The molecule has 0 unspecified atom stereocenters. The van der Waals surface area contributed by atoms with Crippen LogP contribution < -0.4 is 0 Å². The average molecular weight is 141 g/mol. The molecule has 2 aliphatic rings. The number of hydrogen-bond acceptors (Lipinski definition) is 2. The van der Waals surface area contributed by atoms with Crippen molar-refractivity contribution in [3.8, 4) is 0 Å². The maximum Gasteiger partial charge on any atom is 0.0570 e. The van der Waals surface area contributed by atoms with Crippen molar-refractivity contribution < 1.29 is 5.11 Å². The van der Waals surface area contributed by atoms with Crippen molar-refractivity contribution in [3.05, 3.63) is 0 Å². The Morgan fingerprint density at radius 3 is 2.20 bits per heavy atom. The molecule has 0 aromatic rings. The quantitative estimate of drug-likeness (QED) is 0.578. The first-order valence-electron chi connectivity index (χ1n) is 4.28. The van der Waals surface area contributed by atoms with E-state index in [1.807, 2.05) is 0 Å². The van der Waals surface area contributed by atoms with Crippen molar-refractivity contribution in [3.63, 3.8) is 0 Å². The van der Waals surface area contributed by atoms with Gasteiger partial charge in [-0.1, -0.05) is 0 Å². The van der Waals surface area contributed by atoms with Gasteiger partial charge in [-0.3, -0.25) is 0 Å². The molecule has 0 amide bonds. The number of hydrogen-bond donors (Lipinski definition) is 1. The molecule has 0 bridgehead atoms. The van der Waals surface area contributed by atoms with Crippen LogP contribution in [0.25, 0.3) is 0 Å². The predicted octanol–water partition coefficient (Wildman–Crippen LogP) is 0.606. The third-order valence-corrected chi connectivity index (χ3v) is 2.75. The lowest BCUT2D eigenvalue weighted by Gasteiger charge is -2.38. The maximum absolute atomic E-state index is 9.05. The summed E-state index contributed by atoms with van der Waals surface area (Å²) in [6, 6.07) is 0.734. The van der Waals surface area contributed by atoms with Gasteiger partial charge < -0.3 is 10.0 Å². The van der Waals surface area contributed by atoms with Crippen molar-refractivity contribution in [2.75, 3.05) is 13.1 Å². The minimum absolute atomic E-state index is 0.0191. The van der Waals surface area contributed by atoms with Crippen LogP contribution in [0, 0.1) is 0 Å². The molecular formula is C8H15NO. The second kappa shape index (κ2) is 2.51. The van der Waals surface area contributed by atoms with Crippen LogP contribution in [0.1, 0.15) is 25.7 Å². The van der Waals surface area contributed by atoms with E-state index in [0.717, 1.165) is 18.9 Å². The average Bonchev–Trinajstić information content (AvgIpc) is 2.31. The van der Waals surface area contributed by atoms with E-state index in [1.54, 1.807) is 0 Å². The zero-order chi connectivity index (χ0) is 6.97. The van der Waals surface area contributed by atoms with Crippen molar-refractivity contribution in [1.29, 1.82) is 0 Å². The Hall–Kier alpha value is -0.0800. The molecule has 0 aromatic heterocycles. The van der Waals surface area contributed by atoms with Gasteiger partial charge in [0, 0.05) is 6.04 Å². The summed E-state index contributed by atoms with van der Waals surface area (Å²) in [4.78, 5) is 2.52. The number of likely N-dealkylation sites (tertiary alicyclic amines) is 1. The fourth-order valence-corrected chi connectivity index (χ4v) is 1.96. The SMILES string of the molecule is OC1CC(N2CCCC2)C1. The normalized spacial score (nSPS) is 41.7. The van der Waals surface area contributed by atoms with Crippen molar-refractivity contribution in [2.24, 2.45) is 0 Å². The highest BCUT2D eigenvalue weighted by Crippen LogP contribution is 2.27. The summed E-state index contributed by atoms with van der Waals surface area (Å²) < 4.78 is 0. The van der Waals surface area contributed by atoms with Gasteiger partial charge in [0.1, 0.15) is 0 Å². The van der Waals surface area contributed by atoms with Crippen LogP contribution in [0.2, 0.25) is 0 Å². The molecule has 2 rings (SSSR count). The Bertz CT molecular complexity index is 114. The molecule has 1 heterocycles. The van der Waals surface area contributed by atoms with Gasteiger partial charge in [0.15, 0.2) is 0 Å². The van der Waals surface area contributed by atoms with Gasteiger partial charge in [-0.15, -0.1) is 0 Å². The van der Waals surface area contributed by atoms with Gasteiger partial charge in [-0.05, 0) is 38.8 Å². The third kappa shape index (κ3) is 1.06. The van der Waals surface area contributed by atoms with Crippen LogP contribution in [0.4, 0.5) is 0 Å². The van der Waals surface area contributed by atoms with Gasteiger partial charge in [0.05, 0.1) is 6.10 Å². The van der Waals surface area contributed by atoms with E-state index in [9.17, 15) is 0 Å². The Labute approximate surface area is 61.8 Å². The zero-order valence-corrected chi connectivity index (χ0v) is 6.29. The third-order valence-electron chi connectivity index (χ3n) is 2.75. The lowest BCUT2D eigenvalue weighted by atomic mass is 9.88. The van der Waals surface area contributed by atoms with E-state index >= 15 is 0 Å². The topological polar surface area (TPSA) is 23.5 Å². The standard InChI is InChI=1S/C8H15NO/c10-8-5-7(6-8)9-3-1-2-4-9/h7-8,10H,1-6H2. The van der Waals surface area contributed by atoms with Crippen molar-refractivity contribution in [2.45, 2.75) is 37.8 Å². The van der Waals surface area contributed by atoms with Gasteiger partial charge >= 0.3 is 0 Å². The summed E-state index contributed by atoms with van der Waals surface area (Å²) >= 11 is 0. The van der Waals surface area contributed by atoms with E-state index in [0.29, 0.717) is 0 Å². The molecule has 0 radical (unpaired) electrons. The lowest BCUT2D eigenvalue weighted by molar-refractivity contribution is 0.0114. The van der Waals surface area contributed by atoms with E-state index < -0.39 is 0 Å². The minimum atomic E-state index is 0.0191. The van der Waals surface area contributed by atoms with Gasteiger partial charge in [0.25, 0.3) is 0 Å².